The number of hydrazone groups is 1. The maximum atomic E-state index is 11.8. The first-order valence-corrected chi connectivity index (χ1v) is 6.19. The highest BCUT2D eigenvalue weighted by molar-refractivity contribution is 5.94. The van der Waals surface area contributed by atoms with Gasteiger partial charge < -0.3 is 9.47 Å². The molecule has 0 aliphatic carbocycles. The monoisotopic (exact) mass is 285 g/mol. The summed E-state index contributed by atoms with van der Waals surface area (Å²) in [6.45, 7) is 0. The molecule has 2 rings (SSSR count). The van der Waals surface area contributed by atoms with Crippen LogP contribution in [0.25, 0.3) is 0 Å². The minimum absolute atomic E-state index is 0.325. The number of methoxy groups -OCH3 is 2. The molecule has 0 atom stereocenters. The minimum Gasteiger partial charge on any atom is -0.497 e. The van der Waals surface area contributed by atoms with Gasteiger partial charge in [0.05, 0.1) is 26.0 Å². The number of hydrogen-bond acceptors (Lipinski definition) is 5. The largest absolute Gasteiger partial charge is 0.497 e. The van der Waals surface area contributed by atoms with E-state index in [2.05, 4.69) is 15.5 Å². The summed E-state index contributed by atoms with van der Waals surface area (Å²) in [6.07, 6.45) is 4.58. The maximum absolute atomic E-state index is 11.8. The molecule has 0 radical (unpaired) electrons. The van der Waals surface area contributed by atoms with Crippen LogP contribution in [0.4, 0.5) is 0 Å². The summed E-state index contributed by atoms with van der Waals surface area (Å²) in [5.74, 6) is 0.970. The molecule has 108 valence electrons. The molecule has 0 spiro atoms. The van der Waals surface area contributed by atoms with Gasteiger partial charge in [-0.1, -0.05) is 0 Å². The van der Waals surface area contributed by atoms with Crippen molar-refractivity contribution in [3.8, 4) is 11.5 Å². The first-order valence-electron chi connectivity index (χ1n) is 6.19. The van der Waals surface area contributed by atoms with Gasteiger partial charge >= 0.3 is 0 Å². The van der Waals surface area contributed by atoms with Crippen LogP contribution in [0, 0.1) is 0 Å². The van der Waals surface area contributed by atoms with Gasteiger partial charge in [0.25, 0.3) is 5.91 Å². The van der Waals surface area contributed by atoms with E-state index in [0.717, 1.165) is 5.56 Å². The van der Waals surface area contributed by atoms with E-state index in [0.29, 0.717) is 17.1 Å². The highest BCUT2D eigenvalue weighted by atomic mass is 16.5. The predicted molar refractivity (Wildman–Crippen MR) is 78.8 cm³/mol. The third-order valence-corrected chi connectivity index (χ3v) is 2.68. The Kier molecular flexibility index (Phi) is 4.87. The van der Waals surface area contributed by atoms with Gasteiger partial charge in [0.15, 0.2) is 0 Å². The fourth-order valence-corrected chi connectivity index (χ4v) is 1.63. The fourth-order valence-electron chi connectivity index (χ4n) is 1.63. The van der Waals surface area contributed by atoms with Crippen molar-refractivity contribution in [1.82, 2.24) is 10.4 Å². The molecule has 0 saturated heterocycles. The number of pyridine rings is 1. The molecule has 0 unspecified atom stereocenters. The van der Waals surface area contributed by atoms with Crippen molar-refractivity contribution in [3.05, 3.63) is 53.9 Å². The number of hydrogen-bond donors (Lipinski definition) is 1. The smallest absolute Gasteiger partial charge is 0.272 e. The molecule has 0 bridgehead atoms. The number of aromatic nitrogens is 1. The molecule has 1 heterocycles. The molecule has 0 fully saturated rings. The lowest BCUT2D eigenvalue weighted by Crippen LogP contribution is -2.17. The van der Waals surface area contributed by atoms with Crippen molar-refractivity contribution < 1.29 is 14.3 Å². The number of amides is 1. The lowest BCUT2D eigenvalue weighted by molar-refractivity contribution is 0.0955. The third kappa shape index (κ3) is 4.04. The quantitative estimate of drug-likeness (QED) is 0.672. The summed E-state index contributed by atoms with van der Waals surface area (Å²) in [5, 5.41) is 3.91. The third-order valence-electron chi connectivity index (χ3n) is 2.68. The van der Waals surface area contributed by atoms with E-state index < -0.39 is 0 Å². The zero-order valence-electron chi connectivity index (χ0n) is 11.7. The van der Waals surface area contributed by atoms with Gasteiger partial charge in [0.1, 0.15) is 11.5 Å². The predicted octanol–water partition coefficient (Wildman–Crippen LogP) is 1.86. The van der Waals surface area contributed by atoms with Crippen molar-refractivity contribution in [2.45, 2.75) is 0 Å². The summed E-state index contributed by atoms with van der Waals surface area (Å²) in [5.41, 5.74) is 3.62. The molecular formula is C15H15N3O3. The van der Waals surface area contributed by atoms with Crippen LogP contribution in [0.15, 0.2) is 47.8 Å². The Hall–Kier alpha value is -2.89. The van der Waals surface area contributed by atoms with Crippen molar-refractivity contribution >= 4 is 12.1 Å². The van der Waals surface area contributed by atoms with Crippen LogP contribution in [0.3, 0.4) is 0 Å². The number of ether oxygens (including phenoxy) is 2. The number of rotatable bonds is 5. The molecule has 0 aliphatic heterocycles. The van der Waals surface area contributed by atoms with Crippen LogP contribution in [0.1, 0.15) is 15.9 Å². The van der Waals surface area contributed by atoms with Crippen molar-refractivity contribution in [3.63, 3.8) is 0 Å². The summed E-state index contributed by atoms with van der Waals surface area (Å²) < 4.78 is 10.3. The van der Waals surface area contributed by atoms with E-state index >= 15 is 0 Å². The molecule has 6 heteroatoms. The standard InChI is InChI=1S/C15H15N3O3/c1-20-13-6-11(7-14(8-13)21-2)9-17-18-15(19)12-4-3-5-16-10-12/h3-10H,1-2H3,(H,18,19)/b17-9-. The number of benzene rings is 1. The molecule has 21 heavy (non-hydrogen) atoms. The zero-order chi connectivity index (χ0) is 15.1. The molecular weight excluding hydrogens is 270 g/mol. The summed E-state index contributed by atoms with van der Waals surface area (Å²) >= 11 is 0. The van der Waals surface area contributed by atoms with Gasteiger partial charge in [-0.05, 0) is 24.3 Å². The number of nitrogens with one attached hydrogen (secondary N) is 1. The van der Waals surface area contributed by atoms with Crippen LogP contribution in [-0.4, -0.2) is 31.3 Å². The molecule has 1 aromatic carbocycles. The Bertz CT molecular complexity index is 620. The zero-order valence-corrected chi connectivity index (χ0v) is 11.7. The van der Waals surface area contributed by atoms with Gasteiger partial charge in [-0.25, -0.2) is 5.43 Å². The Morgan fingerprint density at radius 1 is 1.24 bits per heavy atom. The topological polar surface area (TPSA) is 72.8 Å². The second-order valence-corrected chi connectivity index (χ2v) is 4.09. The average Bonchev–Trinajstić information content (AvgIpc) is 2.55. The van der Waals surface area contributed by atoms with Crippen LogP contribution < -0.4 is 14.9 Å². The SMILES string of the molecule is COc1cc(/C=N\NC(=O)c2cccnc2)cc(OC)c1. The second kappa shape index (κ2) is 7.04. The van der Waals surface area contributed by atoms with Gasteiger partial charge in [0, 0.05) is 24.0 Å². The Balaban J connectivity index is 2.06. The fraction of sp³-hybridized carbons (Fsp3) is 0.133. The minimum atomic E-state index is -0.325. The van der Waals surface area contributed by atoms with Crippen LogP contribution >= 0.6 is 0 Å². The number of carbonyl (C=O) groups is 1. The van der Waals surface area contributed by atoms with Crippen LogP contribution in [-0.2, 0) is 0 Å². The first-order chi connectivity index (χ1) is 10.2. The number of carbonyl (C=O) groups excluding carboxylic acids is 1. The summed E-state index contributed by atoms with van der Waals surface area (Å²) in [4.78, 5) is 15.6. The van der Waals surface area contributed by atoms with E-state index in [4.69, 9.17) is 9.47 Å². The molecule has 1 N–H and O–H groups in total. The normalized spacial score (nSPS) is 10.4. The van der Waals surface area contributed by atoms with Gasteiger partial charge in [-0.2, -0.15) is 5.10 Å². The van der Waals surface area contributed by atoms with E-state index in [1.165, 1.54) is 12.4 Å². The first kappa shape index (κ1) is 14.5. The van der Waals surface area contributed by atoms with Crippen LogP contribution in [0.5, 0.6) is 11.5 Å². The molecule has 2 aromatic rings. The second-order valence-electron chi connectivity index (χ2n) is 4.09. The highest BCUT2D eigenvalue weighted by Gasteiger charge is 2.03. The molecule has 1 amide bonds. The van der Waals surface area contributed by atoms with Gasteiger partial charge in [0.2, 0.25) is 0 Å². The molecule has 0 aliphatic rings. The molecule has 6 nitrogen and oxygen atoms in total. The Morgan fingerprint density at radius 3 is 2.52 bits per heavy atom. The summed E-state index contributed by atoms with van der Waals surface area (Å²) in [6, 6.07) is 8.66. The van der Waals surface area contributed by atoms with Crippen molar-refractivity contribution in [2.75, 3.05) is 14.2 Å². The maximum Gasteiger partial charge on any atom is 0.272 e. The van der Waals surface area contributed by atoms with Gasteiger partial charge in [-0.15, -0.1) is 0 Å². The van der Waals surface area contributed by atoms with E-state index in [1.807, 2.05) is 0 Å². The summed E-state index contributed by atoms with van der Waals surface area (Å²) in [7, 11) is 3.14. The Morgan fingerprint density at radius 2 is 1.95 bits per heavy atom. The molecule has 0 saturated carbocycles. The van der Waals surface area contributed by atoms with E-state index in [-0.39, 0.29) is 5.91 Å². The van der Waals surface area contributed by atoms with Crippen molar-refractivity contribution in [2.24, 2.45) is 5.10 Å². The van der Waals surface area contributed by atoms with Gasteiger partial charge in [-0.3, -0.25) is 9.78 Å². The lowest BCUT2D eigenvalue weighted by atomic mass is 10.2. The van der Waals surface area contributed by atoms with Crippen molar-refractivity contribution in [1.29, 1.82) is 0 Å². The average molecular weight is 285 g/mol. The van der Waals surface area contributed by atoms with Crippen LogP contribution in [0.2, 0.25) is 0 Å². The number of nitrogens with zero attached hydrogens (tertiary/aromatic N) is 2. The highest BCUT2D eigenvalue weighted by Crippen LogP contribution is 2.21. The Labute approximate surface area is 122 Å². The van der Waals surface area contributed by atoms with E-state index in [1.54, 1.807) is 50.7 Å². The molecule has 1 aromatic heterocycles. The lowest BCUT2D eigenvalue weighted by Gasteiger charge is -2.05. The van der Waals surface area contributed by atoms with E-state index in [9.17, 15) is 4.79 Å².